The van der Waals surface area contributed by atoms with Crippen LogP contribution >= 0.6 is 0 Å². The zero-order valence-corrected chi connectivity index (χ0v) is 44.8. The summed E-state index contributed by atoms with van der Waals surface area (Å²) in [5.74, 6) is -3.27. The molecule has 0 radical (unpaired) electrons. The molecule has 0 saturated carbocycles. The molecule has 0 bridgehead atoms. The first kappa shape index (κ1) is 56.7. The van der Waals surface area contributed by atoms with Gasteiger partial charge in [0.1, 0.15) is 29.4 Å². The summed E-state index contributed by atoms with van der Waals surface area (Å²) in [6, 6.07) is 6.20. The highest BCUT2D eigenvalue weighted by Gasteiger charge is 2.59. The van der Waals surface area contributed by atoms with Crippen LogP contribution in [0.4, 0.5) is 15.3 Å². The molecule has 2 amide bonds. The van der Waals surface area contributed by atoms with E-state index in [0.717, 1.165) is 5.56 Å². The maximum absolute atomic E-state index is 14.6. The average Bonchev–Trinajstić information content (AvgIpc) is 3.85. The predicted molar refractivity (Wildman–Crippen MR) is 265 cm³/mol. The number of ketones is 1. The number of carbonyl (C=O) groups excluding carboxylic acids is 4. The van der Waals surface area contributed by atoms with Gasteiger partial charge in [-0.3, -0.25) is 24.5 Å². The summed E-state index contributed by atoms with van der Waals surface area (Å²) in [5.41, 5.74) is -1.01. The van der Waals surface area contributed by atoms with Crippen LogP contribution in [-0.2, 0) is 44.6 Å². The Morgan fingerprint density at radius 1 is 1.04 bits per heavy atom. The van der Waals surface area contributed by atoms with Crippen molar-refractivity contribution in [3.05, 3.63) is 30.5 Å². The number of aryl methyl sites for hydroxylation is 1. The van der Waals surface area contributed by atoms with E-state index >= 15 is 0 Å². The maximum Gasteiger partial charge on any atom is 0.412 e. The van der Waals surface area contributed by atoms with Crippen LogP contribution in [-0.4, -0.2) is 191 Å². The number of unbranched alkanes of at least 4 members (excludes halogenated alkanes) is 1. The van der Waals surface area contributed by atoms with Gasteiger partial charge in [-0.25, -0.2) is 9.59 Å². The third kappa shape index (κ3) is 13.6. The minimum atomic E-state index is -1.27. The second-order valence-corrected chi connectivity index (χ2v) is 21.9. The fourth-order valence-corrected chi connectivity index (χ4v) is 10.7. The zero-order chi connectivity index (χ0) is 52.0. The minimum absolute atomic E-state index is 0.0320. The first-order chi connectivity index (χ1) is 32.7. The lowest BCUT2D eigenvalue weighted by molar-refractivity contribution is -0.298. The van der Waals surface area contributed by atoms with Gasteiger partial charge in [0.15, 0.2) is 17.7 Å². The largest absolute Gasteiger partial charge is 0.458 e. The van der Waals surface area contributed by atoms with E-state index in [-0.39, 0.29) is 24.1 Å². The standard InChI is InChI=1S/C51H84N8O11/c1-17-40-51(10)43(59(48(64)70-51)24-19-18-23-58-30-38(53-54-58)35-21-20-22-36(25-35)52-47(63)69-49(6,7)8)34(5)57(15)28-31(2)27-50(9,65-16)44(32(3)41(60)33(4)45(62)67-40)68-46-42(61)39(56(13)14)26-37(66-46)29-55(11)12/h20-22,25,30-34,37,39-40,42-44,46,61H,17-19,23-24,26-29H2,1-16H3,(H,52,63)/t31-,32+,33-,34-,37?,39?,40-,42?,43-,44-,46+,50-,51-/m1/s1. The highest BCUT2D eigenvalue weighted by atomic mass is 16.7. The zero-order valence-electron chi connectivity index (χ0n) is 44.8. The quantitative estimate of drug-likeness (QED) is 0.0976. The summed E-state index contributed by atoms with van der Waals surface area (Å²) in [4.78, 5) is 63.3. The topological polar surface area (TPSA) is 200 Å². The molecule has 3 saturated heterocycles. The van der Waals surface area contributed by atoms with Crippen LogP contribution in [0.2, 0.25) is 0 Å². The second kappa shape index (κ2) is 23.5. The number of Topliss-reactive ketones (excluding diaryl/α,β-unsaturated/α-hetero) is 1. The van der Waals surface area contributed by atoms with Crippen LogP contribution in [0.3, 0.4) is 0 Å². The molecule has 3 unspecified atom stereocenters. The first-order valence-corrected chi connectivity index (χ1v) is 25.0. The summed E-state index contributed by atoms with van der Waals surface area (Å²) >= 11 is 0. The Labute approximate surface area is 416 Å². The van der Waals surface area contributed by atoms with Crippen molar-refractivity contribution in [2.75, 3.05) is 67.3 Å². The summed E-state index contributed by atoms with van der Waals surface area (Å²) in [7, 11) is 11.4. The van der Waals surface area contributed by atoms with Gasteiger partial charge in [-0.1, -0.05) is 38.1 Å². The highest BCUT2D eigenvalue weighted by molar-refractivity contribution is 6.00. The van der Waals surface area contributed by atoms with E-state index in [1.807, 2.05) is 90.2 Å². The van der Waals surface area contributed by atoms with E-state index in [1.165, 1.54) is 0 Å². The molecule has 3 aliphatic heterocycles. The summed E-state index contributed by atoms with van der Waals surface area (Å²) in [5, 5.41) is 23.2. The Kier molecular flexibility index (Phi) is 19.1. The van der Waals surface area contributed by atoms with Crippen LogP contribution in [0.1, 0.15) is 101 Å². The van der Waals surface area contributed by atoms with Gasteiger partial charge in [-0.05, 0) is 134 Å². The molecule has 1 aromatic carbocycles. The molecule has 2 aromatic rings. The molecule has 13 atom stereocenters. The number of esters is 1. The Balaban J connectivity index is 1.36. The van der Waals surface area contributed by atoms with Gasteiger partial charge < -0.3 is 48.2 Å². The van der Waals surface area contributed by atoms with Crippen LogP contribution in [0.5, 0.6) is 0 Å². The molecule has 1 aromatic heterocycles. The molecule has 19 heteroatoms. The number of likely N-dealkylation sites (N-methyl/N-ethyl adjacent to an activating group) is 3. The normalized spacial score (nSPS) is 33.1. The van der Waals surface area contributed by atoms with E-state index in [1.54, 1.807) is 57.4 Å². The van der Waals surface area contributed by atoms with Crippen LogP contribution in [0.15, 0.2) is 30.5 Å². The van der Waals surface area contributed by atoms with Crippen molar-refractivity contribution in [3.63, 3.8) is 0 Å². The number of hydrogen-bond donors (Lipinski definition) is 2. The number of carbonyl (C=O) groups is 4. The molecule has 3 aliphatic rings. The van der Waals surface area contributed by atoms with E-state index in [2.05, 4.69) is 34.4 Å². The SMILES string of the molecule is CC[C@H]1OC(=O)[C@H](C)C(=O)[C@H](C)[C@@H](O[C@@H]2OC(CN(C)C)CC(N(C)C)C2O)[C@](C)(OC)C[C@@H](C)CN(C)[C@H](C)[C@H]2N(CCCCn3cc(-c4cccc(NC(=O)OC(C)(C)C)c4)nn3)C(=O)O[C@]12C. The fourth-order valence-electron chi connectivity index (χ4n) is 10.7. The third-order valence-electron chi connectivity index (χ3n) is 14.4. The number of anilines is 1. The van der Waals surface area contributed by atoms with Crippen LogP contribution in [0.25, 0.3) is 11.3 Å². The number of nitrogens with zero attached hydrogens (tertiary/aromatic N) is 7. The van der Waals surface area contributed by atoms with Gasteiger partial charge >= 0.3 is 18.2 Å². The van der Waals surface area contributed by atoms with E-state index in [9.17, 15) is 24.3 Å². The molecule has 2 N–H and O–H groups in total. The van der Waals surface area contributed by atoms with E-state index in [4.69, 9.17) is 28.4 Å². The smallest absolute Gasteiger partial charge is 0.412 e. The first-order valence-electron chi connectivity index (χ1n) is 25.0. The van der Waals surface area contributed by atoms with Crippen molar-refractivity contribution >= 4 is 29.6 Å². The van der Waals surface area contributed by atoms with Crippen molar-refractivity contribution in [2.45, 2.75) is 174 Å². The van der Waals surface area contributed by atoms with E-state index < -0.39 is 83.2 Å². The van der Waals surface area contributed by atoms with Crippen LogP contribution in [0, 0.1) is 17.8 Å². The summed E-state index contributed by atoms with van der Waals surface area (Å²) in [6.07, 6.45) is -0.766. The molecule has 3 fully saturated rings. The molecule has 5 rings (SSSR count). The van der Waals surface area contributed by atoms with Crippen molar-refractivity contribution in [1.82, 2.24) is 34.6 Å². The predicted octanol–water partition coefficient (Wildman–Crippen LogP) is 5.93. The fraction of sp³-hybridized carbons (Fsp3) is 0.765. The van der Waals surface area contributed by atoms with Crippen LogP contribution < -0.4 is 5.32 Å². The van der Waals surface area contributed by atoms with Gasteiger partial charge in [-0.2, -0.15) is 0 Å². The monoisotopic (exact) mass is 985 g/mol. The number of ether oxygens (including phenoxy) is 6. The average molecular weight is 985 g/mol. The van der Waals surface area contributed by atoms with Gasteiger partial charge in [0.05, 0.1) is 30.0 Å². The Morgan fingerprint density at radius 2 is 1.73 bits per heavy atom. The number of aromatic nitrogens is 3. The number of benzene rings is 1. The maximum atomic E-state index is 14.6. The van der Waals surface area contributed by atoms with Crippen molar-refractivity contribution in [3.8, 4) is 11.3 Å². The Morgan fingerprint density at radius 3 is 2.36 bits per heavy atom. The lowest BCUT2D eigenvalue weighted by Gasteiger charge is -2.47. The van der Waals surface area contributed by atoms with Gasteiger partial charge in [0.2, 0.25) is 0 Å². The number of amides is 2. The van der Waals surface area contributed by atoms with Crippen molar-refractivity contribution in [2.24, 2.45) is 17.8 Å². The molecular formula is C51H84N8O11. The minimum Gasteiger partial charge on any atom is -0.458 e. The highest BCUT2D eigenvalue weighted by Crippen LogP contribution is 2.41. The number of nitrogens with one attached hydrogen (secondary N) is 1. The summed E-state index contributed by atoms with van der Waals surface area (Å²) in [6.45, 7) is 20.6. The van der Waals surface area contributed by atoms with Gasteiger partial charge in [0, 0.05) is 62.5 Å². The third-order valence-corrected chi connectivity index (χ3v) is 14.4. The van der Waals surface area contributed by atoms with Crippen molar-refractivity contribution in [1.29, 1.82) is 0 Å². The molecule has 394 valence electrons. The molecule has 0 spiro atoms. The molecular weight excluding hydrogens is 901 g/mol. The molecule has 0 aliphatic carbocycles. The van der Waals surface area contributed by atoms with Gasteiger partial charge in [0.25, 0.3) is 0 Å². The molecule has 4 heterocycles. The number of rotatable bonds is 14. The summed E-state index contributed by atoms with van der Waals surface area (Å²) < 4.78 is 39.4. The molecule has 70 heavy (non-hydrogen) atoms. The number of aliphatic hydroxyl groups excluding tert-OH is 1. The number of hydrogen-bond acceptors (Lipinski definition) is 16. The number of cyclic esters (lactones) is 1. The number of fused-ring (bicyclic) bond motifs is 1. The molecule has 19 nitrogen and oxygen atoms in total. The number of methoxy groups -OCH3 is 1. The van der Waals surface area contributed by atoms with Gasteiger partial charge in [-0.15, -0.1) is 5.10 Å². The lowest BCUT2D eigenvalue weighted by atomic mass is 9.78. The Hall–Kier alpha value is -4.24. The Bertz CT molecular complexity index is 2080. The number of aliphatic hydroxyl groups is 1. The van der Waals surface area contributed by atoms with Crippen molar-refractivity contribution < 1.29 is 52.7 Å². The lowest BCUT2D eigenvalue weighted by Crippen LogP contribution is -2.61. The van der Waals surface area contributed by atoms with E-state index in [0.29, 0.717) is 69.7 Å². The second-order valence-electron chi connectivity index (χ2n) is 21.9.